The zero-order chi connectivity index (χ0) is 79.5. The van der Waals surface area contributed by atoms with Crippen LogP contribution in [0.25, 0.3) is 123 Å². The van der Waals surface area contributed by atoms with Gasteiger partial charge in [0.1, 0.15) is 0 Å². The van der Waals surface area contributed by atoms with Crippen LogP contribution in [0.3, 0.4) is 0 Å². The number of nitrogens with zero attached hydrogens (tertiary/aromatic N) is 8. The van der Waals surface area contributed by atoms with Crippen molar-refractivity contribution in [3.63, 3.8) is 0 Å². The van der Waals surface area contributed by atoms with Crippen molar-refractivity contribution >= 4 is 0 Å². The van der Waals surface area contributed by atoms with E-state index in [4.69, 9.17) is 0 Å². The van der Waals surface area contributed by atoms with Crippen LogP contribution in [0.4, 0.5) is 0 Å². The van der Waals surface area contributed by atoms with Crippen LogP contribution >= 0.6 is 0 Å². The standard InChI is InChI=1S/C18H14N.2C17H12N.C12H10N.4C11H8N.4Ir/c1-14-13-19-18(16-10-6-3-7-11-16)12-17(14)15-8-4-2-5-9-15;1-3-7-14(8-4-1)16-11-12-18-17(13-16)15-9-5-2-6-10-15;1-2-7-14(8-3-1)15-9-6-10-16(13-15)17-11-4-5-12-18-17;1-10-5-4-6-11(9-10)12-7-2-3-8-13-12;4*1-2-6-10(7-3-1)11-8-4-5-9-12-11;;;;/h2-10,12-13H,1H3;2*1-9,11-13H;2-5,7-9H,1H3;4*1-6,8-9H;;;;/q8*-1;;;;. The molecule has 0 fully saturated rings. The molecule has 596 valence electrons. The molecule has 19 aromatic rings. The molecular weight excluding hydrogens is 2180 g/mol. The Hall–Kier alpha value is -12.8. The number of benzene rings is 11. The molecule has 0 spiro atoms. The van der Waals surface area contributed by atoms with Gasteiger partial charge in [-0.1, -0.05) is 183 Å². The van der Waals surface area contributed by atoms with E-state index in [1.165, 1.54) is 44.5 Å². The fourth-order valence-electron chi connectivity index (χ4n) is 11.6. The number of hydrogen-bond acceptors (Lipinski definition) is 8. The minimum Gasteiger partial charge on any atom is -0.305 e. The average molecular weight is 2260 g/mol. The van der Waals surface area contributed by atoms with E-state index in [2.05, 4.69) is 181 Å². The molecule has 0 amide bonds. The van der Waals surface area contributed by atoms with E-state index in [0.29, 0.717) is 0 Å². The van der Waals surface area contributed by atoms with Gasteiger partial charge in [-0.3, -0.25) is 0 Å². The van der Waals surface area contributed by atoms with Gasteiger partial charge in [-0.25, -0.2) is 0 Å². The molecule has 0 atom stereocenters. The van der Waals surface area contributed by atoms with Crippen molar-refractivity contribution < 1.29 is 80.4 Å². The molecule has 8 nitrogen and oxygen atoms in total. The van der Waals surface area contributed by atoms with Crippen LogP contribution in [0.1, 0.15) is 11.1 Å². The zero-order valence-corrected chi connectivity index (χ0v) is 75.2. The Balaban J connectivity index is 0.000000171. The topological polar surface area (TPSA) is 103 Å². The summed E-state index contributed by atoms with van der Waals surface area (Å²) in [7, 11) is 0. The van der Waals surface area contributed by atoms with Crippen LogP contribution < -0.4 is 0 Å². The molecule has 11 aromatic carbocycles. The maximum Gasteiger partial charge on any atom is 0.0196 e. The molecule has 0 aliphatic carbocycles. The van der Waals surface area contributed by atoms with Gasteiger partial charge in [0.2, 0.25) is 0 Å². The molecule has 0 aliphatic heterocycles. The first kappa shape index (κ1) is 92.7. The van der Waals surface area contributed by atoms with Crippen LogP contribution in [0.2, 0.25) is 0 Å². The summed E-state index contributed by atoms with van der Waals surface area (Å²) >= 11 is 0. The van der Waals surface area contributed by atoms with E-state index in [-0.39, 0.29) is 80.4 Å². The summed E-state index contributed by atoms with van der Waals surface area (Å²) in [5.74, 6) is 0. The molecule has 0 bridgehead atoms. The molecule has 0 unspecified atom stereocenters. The van der Waals surface area contributed by atoms with Crippen molar-refractivity contribution in [2.24, 2.45) is 0 Å². The van der Waals surface area contributed by atoms with Gasteiger partial charge in [-0.05, 0) is 128 Å². The summed E-state index contributed by atoms with van der Waals surface area (Å²) in [6, 6.07) is 157. The maximum atomic E-state index is 4.50. The Morgan fingerprint density at radius 2 is 0.442 bits per heavy atom. The third-order valence-corrected chi connectivity index (χ3v) is 17.4. The Morgan fingerprint density at radius 1 is 0.175 bits per heavy atom. The summed E-state index contributed by atoms with van der Waals surface area (Å²) in [4.78, 5) is 34.4. The molecule has 0 saturated heterocycles. The molecule has 120 heavy (non-hydrogen) atoms. The van der Waals surface area contributed by atoms with Gasteiger partial charge in [0, 0.05) is 130 Å². The Kier molecular flexibility index (Phi) is 40.8. The molecule has 12 heteroatoms. The van der Waals surface area contributed by atoms with Crippen molar-refractivity contribution in [2.45, 2.75) is 13.8 Å². The number of pyridine rings is 8. The van der Waals surface area contributed by atoms with Crippen molar-refractivity contribution in [1.82, 2.24) is 39.9 Å². The normalized spacial score (nSPS) is 9.65. The van der Waals surface area contributed by atoms with Gasteiger partial charge >= 0.3 is 0 Å². The SMILES string of the molecule is Cc1cc[c-]c(-c2ccccn2)c1.Cc1cnc(-c2[c-]cccc2)cc1-c1ccccc1.[Ir].[Ir].[Ir].[Ir].[c-]1ccc(-c2ccccc2)cc1-c1ccccn1.[c-]1ccccc1-c1cc(-c2ccccc2)ccn1.[c-]1ccccc1-c1ccccn1.[c-]1ccccc1-c1ccccn1.[c-]1ccccc1-c1ccccn1.[c-]1ccccc1-c1ccccn1. The van der Waals surface area contributed by atoms with Crippen LogP contribution in [0.5, 0.6) is 0 Å². The van der Waals surface area contributed by atoms with Crippen LogP contribution in [0, 0.1) is 62.4 Å². The van der Waals surface area contributed by atoms with E-state index in [1.54, 1.807) is 37.2 Å². The van der Waals surface area contributed by atoms with Gasteiger partial charge in [0.25, 0.3) is 0 Å². The predicted octanol–water partition coefficient (Wildman–Crippen LogP) is 26.0. The summed E-state index contributed by atoms with van der Waals surface area (Å²) in [6.45, 7) is 4.16. The largest absolute Gasteiger partial charge is 0.305 e. The van der Waals surface area contributed by atoms with Crippen molar-refractivity contribution in [1.29, 1.82) is 0 Å². The molecule has 0 saturated carbocycles. The summed E-state index contributed by atoms with van der Waals surface area (Å²) in [5.41, 5.74) is 25.7. The minimum absolute atomic E-state index is 0. The predicted molar refractivity (Wildman–Crippen MR) is 474 cm³/mol. The molecular formula is C108H80Ir4N8-8. The van der Waals surface area contributed by atoms with Gasteiger partial charge in [-0.2, -0.15) is 0 Å². The number of aromatic nitrogens is 8. The van der Waals surface area contributed by atoms with E-state index in [0.717, 1.165) is 90.1 Å². The maximum absolute atomic E-state index is 4.50. The number of hydrogen-bond donors (Lipinski definition) is 0. The van der Waals surface area contributed by atoms with E-state index in [1.807, 2.05) is 334 Å². The van der Waals surface area contributed by atoms with Gasteiger partial charge in [0.15, 0.2) is 0 Å². The quantitative estimate of drug-likeness (QED) is 0.118. The monoisotopic (exact) mass is 2260 g/mol. The number of aryl methyl sites for hydroxylation is 2. The molecule has 8 heterocycles. The van der Waals surface area contributed by atoms with Crippen LogP contribution in [-0.4, -0.2) is 39.9 Å². The van der Waals surface area contributed by atoms with Gasteiger partial charge in [0.05, 0.1) is 0 Å². The third-order valence-electron chi connectivity index (χ3n) is 17.4. The Bertz CT molecular complexity index is 5230. The van der Waals surface area contributed by atoms with Gasteiger partial charge in [-0.15, -0.1) is 286 Å². The fourth-order valence-corrected chi connectivity index (χ4v) is 11.6. The number of rotatable bonds is 11. The minimum atomic E-state index is 0. The van der Waals surface area contributed by atoms with Crippen molar-refractivity contribution in [3.05, 3.63) is 510 Å². The smallest absolute Gasteiger partial charge is 0.0196 e. The first-order chi connectivity index (χ1) is 57.4. The third kappa shape index (κ3) is 30.3. The molecule has 4 radical (unpaired) electrons. The average Bonchev–Trinajstić information content (AvgIpc) is 0.846. The summed E-state index contributed by atoms with van der Waals surface area (Å²) < 4.78 is 0. The van der Waals surface area contributed by atoms with Crippen LogP contribution in [0.15, 0.2) is 450 Å². The summed E-state index contributed by atoms with van der Waals surface area (Å²) in [6.07, 6.45) is 14.5. The second-order valence-corrected chi connectivity index (χ2v) is 25.6. The second-order valence-electron chi connectivity index (χ2n) is 25.6. The first-order valence-electron chi connectivity index (χ1n) is 37.8. The first-order valence-corrected chi connectivity index (χ1v) is 37.8. The van der Waals surface area contributed by atoms with E-state index >= 15 is 0 Å². The molecule has 19 rings (SSSR count). The van der Waals surface area contributed by atoms with Crippen molar-refractivity contribution in [3.8, 4) is 123 Å². The Labute approximate surface area is 760 Å². The van der Waals surface area contributed by atoms with Crippen LogP contribution in [-0.2, 0) is 80.4 Å². The summed E-state index contributed by atoms with van der Waals surface area (Å²) in [5, 5.41) is 0. The van der Waals surface area contributed by atoms with E-state index in [9.17, 15) is 0 Å². The fraction of sp³-hybridized carbons (Fsp3) is 0.0185. The Morgan fingerprint density at radius 3 is 0.758 bits per heavy atom. The molecule has 8 aromatic heterocycles. The van der Waals surface area contributed by atoms with E-state index < -0.39 is 0 Å². The van der Waals surface area contributed by atoms with Crippen molar-refractivity contribution in [2.75, 3.05) is 0 Å². The molecule has 0 aliphatic rings. The zero-order valence-electron chi connectivity index (χ0n) is 65.6. The second kappa shape index (κ2) is 52.8. The van der Waals surface area contributed by atoms with Gasteiger partial charge < -0.3 is 39.9 Å². The molecule has 0 N–H and O–H groups in total.